The van der Waals surface area contributed by atoms with Crippen molar-refractivity contribution in [1.82, 2.24) is 0 Å². The minimum atomic E-state index is -0.299. The lowest BCUT2D eigenvalue weighted by molar-refractivity contribution is 0.269. The van der Waals surface area contributed by atoms with E-state index < -0.39 is 0 Å². The molecule has 7 heteroatoms. The largest absolute Gasteiger partial charge is 0.490 e. The standard InChI is InChI=1S/C17H19FN4O2/c1-2-23-16-9-12(10-21-22-17(19)20)6-7-15(16)24-11-13-4-3-5-14(18)8-13/h3-10H,2,11H2,1H3,(H4,19,20,22). The topological polar surface area (TPSA) is 95.2 Å². The Hall–Kier alpha value is -3.09. The van der Waals surface area contributed by atoms with E-state index in [0.29, 0.717) is 18.1 Å². The summed E-state index contributed by atoms with van der Waals surface area (Å²) in [6.45, 7) is 2.58. The van der Waals surface area contributed by atoms with Gasteiger partial charge in [-0.25, -0.2) is 4.39 Å². The molecular weight excluding hydrogens is 311 g/mol. The molecular formula is C17H19FN4O2. The average Bonchev–Trinajstić information content (AvgIpc) is 2.54. The zero-order chi connectivity index (χ0) is 17.4. The van der Waals surface area contributed by atoms with Crippen molar-refractivity contribution in [1.29, 1.82) is 0 Å². The minimum Gasteiger partial charge on any atom is -0.490 e. The first-order valence-electron chi connectivity index (χ1n) is 7.34. The van der Waals surface area contributed by atoms with Crippen LogP contribution in [0.15, 0.2) is 52.7 Å². The van der Waals surface area contributed by atoms with E-state index in [1.807, 2.05) is 6.92 Å². The second-order valence-corrected chi connectivity index (χ2v) is 4.83. The zero-order valence-corrected chi connectivity index (χ0v) is 13.3. The molecule has 0 fully saturated rings. The van der Waals surface area contributed by atoms with E-state index in [4.69, 9.17) is 20.9 Å². The fraction of sp³-hybridized carbons (Fsp3) is 0.176. The Morgan fingerprint density at radius 2 is 1.96 bits per heavy atom. The fourth-order valence-corrected chi connectivity index (χ4v) is 1.94. The molecule has 0 aliphatic rings. The summed E-state index contributed by atoms with van der Waals surface area (Å²) in [6, 6.07) is 11.5. The number of halogens is 1. The normalized spacial score (nSPS) is 10.6. The molecule has 0 amide bonds. The van der Waals surface area contributed by atoms with E-state index in [-0.39, 0.29) is 18.4 Å². The molecule has 0 radical (unpaired) electrons. The number of rotatable bonds is 7. The molecule has 24 heavy (non-hydrogen) atoms. The second kappa shape index (κ2) is 8.52. The number of ether oxygens (including phenoxy) is 2. The monoisotopic (exact) mass is 330 g/mol. The number of hydrogen-bond donors (Lipinski definition) is 2. The van der Waals surface area contributed by atoms with Crippen LogP contribution in [-0.2, 0) is 6.61 Å². The van der Waals surface area contributed by atoms with E-state index in [2.05, 4.69) is 10.2 Å². The molecule has 2 aromatic rings. The molecule has 0 aliphatic carbocycles. The van der Waals surface area contributed by atoms with Crippen molar-refractivity contribution in [2.45, 2.75) is 13.5 Å². The second-order valence-electron chi connectivity index (χ2n) is 4.83. The highest BCUT2D eigenvalue weighted by Crippen LogP contribution is 2.29. The number of nitrogens with two attached hydrogens (primary N) is 2. The molecule has 0 aromatic heterocycles. The summed E-state index contributed by atoms with van der Waals surface area (Å²) in [5.41, 5.74) is 11.9. The lowest BCUT2D eigenvalue weighted by Gasteiger charge is -2.12. The van der Waals surface area contributed by atoms with Crippen LogP contribution in [0.1, 0.15) is 18.1 Å². The van der Waals surface area contributed by atoms with E-state index in [1.165, 1.54) is 18.3 Å². The summed E-state index contributed by atoms with van der Waals surface area (Å²) >= 11 is 0. The SMILES string of the molecule is CCOc1cc(C=NN=C(N)N)ccc1OCc1cccc(F)c1. The van der Waals surface area contributed by atoms with Crippen LogP contribution in [-0.4, -0.2) is 18.8 Å². The van der Waals surface area contributed by atoms with Crippen molar-refractivity contribution < 1.29 is 13.9 Å². The van der Waals surface area contributed by atoms with Gasteiger partial charge >= 0.3 is 0 Å². The van der Waals surface area contributed by atoms with Gasteiger partial charge in [-0.05, 0) is 48.4 Å². The molecule has 2 rings (SSSR count). The van der Waals surface area contributed by atoms with Gasteiger partial charge in [0.1, 0.15) is 12.4 Å². The quantitative estimate of drug-likeness (QED) is 0.463. The number of benzene rings is 2. The maximum absolute atomic E-state index is 13.2. The lowest BCUT2D eigenvalue weighted by atomic mass is 10.2. The molecule has 0 saturated carbocycles. The highest BCUT2D eigenvalue weighted by Gasteiger charge is 2.07. The maximum atomic E-state index is 13.2. The van der Waals surface area contributed by atoms with Crippen LogP contribution >= 0.6 is 0 Å². The molecule has 0 unspecified atom stereocenters. The van der Waals surface area contributed by atoms with Crippen LogP contribution in [0.4, 0.5) is 4.39 Å². The smallest absolute Gasteiger partial charge is 0.211 e. The van der Waals surface area contributed by atoms with Gasteiger partial charge in [0.15, 0.2) is 11.5 Å². The van der Waals surface area contributed by atoms with Gasteiger partial charge in [0.2, 0.25) is 5.96 Å². The highest BCUT2D eigenvalue weighted by molar-refractivity contribution is 5.82. The van der Waals surface area contributed by atoms with Crippen LogP contribution in [0, 0.1) is 5.82 Å². The zero-order valence-electron chi connectivity index (χ0n) is 13.3. The summed E-state index contributed by atoms with van der Waals surface area (Å²) in [7, 11) is 0. The minimum absolute atomic E-state index is 0.119. The summed E-state index contributed by atoms with van der Waals surface area (Å²) in [4.78, 5) is 0. The summed E-state index contributed by atoms with van der Waals surface area (Å²) in [5, 5.41) is 7.29. The first kappa shape index (κ1) is 17.3. The van der Waals surface area contributed by atoms with E-state index in [1.54, 1.807) is 30.3 Å². The predicted octanol–water partition coefficient (Wildman–Crippen LogP) is 2.41. The molecule has 6 nitrogen and oxygen atoms in total. The number of nitrogens with zero attached hydrogens (tertiary/aromatic N) is 2. The van der Waals surface area contributed by atoms with Gasteiger partial charge in [-0.1, -0.05) is 12.1 Å². The molecule has 126 valence electrons. The van der Waals surface area contributed by atoms with Gasteiger partial charge in [0, 0.05) is 0 Å². The van der Waals surface area contributed by atoms with Crippen LogP contribution in [0.3, 0.4) is 0 Å². The Bertz CT molecular complexity index is 743. The van der Waals surface area contributed by atoms with Crippen LogP contribution in [0.25, 0.3) is 0 Å². The Morgan fingerprint density at radius 1 is 1.12 bits per heavy atom. The average molecular weight is 330 g/mol. The molecule has 0 atom stereocenters. The van der Waals surface area contributed by atoms with E-state index >= 15 is 0 Å². The summed E-state index contributed by atoms with van der Waals surface area (Å²) < 4.78 is 24.5. The lowest BCUT2D eigenvalue weighted by Crippen LogP contribution is -2.21. The molecule has 0 aliphatic heterocycles. The first-order valence-corrected chi connectivity index (χ1v) is 7.34. The maximum Gasteiger partial charge on any atom is 0.211 e. The van der Waals surface area contributed by atoms with Crippen molar-refractivity contribution in [3.63, 3.8) is 0 Å². The van der Waals surface area contributed by atoms with Gasteiger partial charge in [0.25, 0.3) is 0 Å². The van der Waals surface area contributed by atoms with Crippen LogP contribution in [0.5, 0.6) is 11.5 Å². The fourth-order valence-electron chi connectivity index (χ4n) is 1.94. The molecule has 0 spiro atoms. The van der Waals surface area contributed by atoms with Crippen LogP contribution < -0.4 is 20.9 Å². The molecule has 0 saturated heterocycles. The Labute approximate surface area is 139 Å². The van der Waals surface area contributed by atoms with Crippen molar-refractivity contribution >= 4 is 12.2 Å². The summed E-state index contributed by atoms with van der Waals surface area (Å²) in [5.74, 6) is 0.696. The Kier molecular flexibility index (Phi) is 6.13. The molecule has 0 heterocycles. The molecule has 0 bridgehead atoms. The first-order chi connectivity index (χ1) is 11.6. The highest BCUT2D eigenvalue weighted by atomic mass is 19.1. The van der Waals surface area contributed by atoms with Gasteiger partial charge in [-0.15, -0.1) is 5.10 Å². The van der Waals surface area contributed by atoms with Crippen molar-refractivity contribution in [2.24, 2.45) is 21.7 Å². The van der Waals surface area contributed by atoms with Gasteiger partial charge in [0.05, 0.1) is 12.8 Å². The van der Waals surface area contributed by atoms with Gasteiger partial charge in [-0.3, -0.25) is 0 Å². The Morgan fingerprint density at radius 3 is 2.67 bits per heavy atom. The Balaban J connectivity index is 2.13. The molecule has 4 N–H and O–H groups in total. The number of hydrogen-bond acceptors (Lipinski definition) is 4. The third kappa shape index (κ3) is 5.28. The summed E-state index contributed by atoms with van der Waals surface area (Å²) in [6.07, 6.45) is 1.50. The van der Waals surface area contributed by atoms with E-state index in [9.17, 15) is 4.39 Å². The molecule has 2 aromatic carbocycles. The van der Waals surface area contributed by atoms with Crippen molar-refractivity contribution in [3.8, 4) is 11.5 Å². The van der Waals surface area contributed by atoms with Crippen molar-refractivity contribution in [2.75, 3.05) is 6.61 Å². The third-order valence-electron chi connectivity index (χ3n) is 2.93. The van der Waals surface area contributed by atoms with E-state index in [0.717, 1.165) is 11.1 Å². The van der Waals surface area contributed by atoms with Crippen molar-refractivity contribution in [3.05, 3.63) is 59.4 Å². The predicted molar refractivity (Wildman–Crippen MR) is 91.7 cm³/mol. The van der Waals surface area contributed by atoms with Gasteiger partial charge < -0.3 is 20.9 Å². The number of guanidine groups is 1. The van der Waals surface area contributed by atoms with Gasteiger partial charge in [-0.2, -0.15) is 5.10 Å². The van der Waals surface area contributed by atoms with Crippen LogP contribution in [0.2, 0.25) is 0 Å². The third-order valence-corrected chi connectivity index (χ3v) is 2.93.